The van der Waals surface area contributed by atoms with Gasteiger partial charge in [0.2, 0.25) is 0 Å². The Morgan fingerprint density at radius 1 is 1.29 bits per heavy atom. The lowest BCUT2D eigenvalue weighted by Gasteiger charge is -2.30. The van der Waals surface area contributed by atoms with E-state index in [1.54, 1.807) is 11.8 Å². The van der Waals surface area contributed by atoms with Crippen LogP contribution in [0.2, 0.25) is 0 Å². The zero-order valence-corrected chi connectivity index (χ0v) is 11.2. The SMILES string of the molecule is CCC(CC)(CNCC(C#N)C(F)(F)F)SC. The summed E-state index contributed by atoms with van der Waals surface area (Å²) in [5.41, 5.74) is 0. The maximum Gasteiger partial charge on any atom is 0.405 e. The van der Waals surface area contributed by atoms with Gasteiger partial charge in [-0.2, -0.15) is 30.2 Å². The van der Waals surface area contributed by atoms with Crippen LogP contribution in [0.1, 0.15) is 26.7 Å². The number of thioether (sulfide) groups is 1. The van der Waals surface area contributed by atoms with Gasteiger partial charge in [-0.1, -0.05) is 13.8 Å². The zero-order chi connectivity index (χ0) is 13.5. The molecule has 0 aliphatic carbocycles. The van der Waals surface area contributed by atoms with Gasteiger partial charge in [0.15, 0.2) is 5.92 Å². The minimum atomic E-state index is -4.44. The molecule has 0 bridgehead atoms. The molecule has 0 spiro atoms. The van der Waals surface area contributed by atoms with E-state index in [0.717, 1.165) is 12.8 Å². The average molecular weight is 268 g/mol. The lowest BCUT2D eigenvalue weighted by atomic mass is 10.0. The van der Waals surface area contributed by atoms with E-state index in [-0.39, 0.29) is 11.3 Å². The second-order valence-electron chi connectivity index (χ2n) is 3.95. The van der Waals surface area contributed by atoms with Crippen LogP contribution in [0.15, 0.2) is 0 Å². The van der Waals surface area contributed by atoms with E-state index in [1.165, 1.54) is 6.07 Å². The van der Waals surface area contributed by atoms with Crippen LogP contribution in [0.3, 0.4) is 0 Å². The lowest BCUT2D eigenvalue weighted by molar-refractivity contribution is -0.157. The number of nitrogens with one attached hydrogen (secondary N) is 1. The van der Waals surface area contributed by atoms with Crippen molar-refractivity contribution in [2.45, 2.75) is 37.6 Å². The van der Waals surface area contributed by atoms with Crippen molar-refractivity contribution in [2.75, 3.05) is 19.3 Å². The first-order valence-corrected chi connectivity index (χ1v) is 6.80. The number of nitrogens with zero attached hydrogens (tertiary/aromatic N) is 1. The summed E-state index contributed by atoms with van der Waals surface area (Å²) < 4.78 is 36.9. The van der Waals surface area contributed by atoms with Gasteiger partial charge in [-0.25, -0.2) is 0 Å². The van der Waals surface area contributed by atoms with Crippen molar-refractivity contribution in [3.8, 4) is 6.07 Å². The van der Waals surface area contributed by atoms with Crippen molar-refractivity contribution in [3.05, 3.63) is 0 Å². The molecule has 0 fully saturated rings. The maximum absolute atomic E-state index is 12.3. The predicted octanol–water partition coefficient (Wildman–Crippen LogP) is 3.20. The van der Waals surface area contributed by atoms with Gasteiger partial charge in [-0.05, 0) is 19.1 Å². The molecule has 1 atom stereocenters. The monoisotopic (exact) mass is 268 g/mol. The summed E-state index contributed by atoms with van der Waals surface area (Å²) >= 11 is 1.66. The fraction of sp³-hybridized carbons (Fsp3) is 0.909. The first-order chi connectivity index (χ1) is 7.85. The van der Waals surface area contributed by atoms with E-state index in [1.807, 2.05) is 20.1 Å². The van der Waals surface area contributed by atoms with Crippen molar-refractivity contribution in [3.63, 3.8) is 0 Å². The molecule has 6 heteroatoms. The van der Waals surface area contributed by atoms with Crippen molar-refractivity contribution < 1.29 is 13.2 Å². The zero-order valence-electron chi connectivity index (χ0n) is 10.4. The highest BCUT2D eigenvalue weighted by atomic mass is 32.2. The van der Waals surface area contributed by atoms with Crippen LogP contribution in [-0.2, 0) is 0 Å². The van der Waals surface area contributed by atoms with Gasteiger partial charge in [0.05, 0.1) is 6.07 Å². The van der Waals surface area contributed by atoms with Gasteiger partial charge in [-0.15, -0.1) is 0 Å². The molecule has 0 aliphatic heterocycles. The molecule has 0 aliphatic rings. The molecular formula is C11H19F3N2S. The molecule has 1 unspecified atom stereocenters. The number of rotatable bonds is 7. The largest absolute Gasteiger partial charge is 0.405 e. The fourth-order valence-corrected chi connectivity index (χ4v) is 2.36. The molecule has 0 radical (unpaired) electrons. The minimum Gasteiger partial charge on any atom is -0.314 e. The number of nitriles is 1. The molecule has 2 nitrogen and oxygen atoms in total. The fourth-order valence-electron chi connectivity index (χ4n) is 1.54. The summed E-state index contributed by atoms with van der Waals surface area (Å²) in [6, 6.07) is 1.29. The van der Waals surface area contributed by atoms with Gasteiger partial charge in [-0.3, -0.25) is 0 Å². The van der Waals surface area contributed by atoms with E-state index in [0.29, 0.717) is 6.54 Å². The van der Waals surface area contributed by atoms with E-state index in [2.05, 4.69) is 5.32 Å². The Balaban J connectivity index is 4.26. The first-order valence-electron chi connectivity index (χ1n) is 5.57. The van der Waals surface area contributed by atoms with E-state index >= 15 is 0 Å². The number of hydrogen-bond acceptors (Lipinski definition) is 3. The first kappa shape index (κ1) is 16.6. The highest BCUT2D eigenvalue weighted by Crippen LogP contribution is 2.30. The Morgan fingerprint density at radius 2 is 1.82 bits per heavy atom. The molecule has 1 N–H and O–H groups in total. The van der Waals surface area contributed by atoms with Crippen LogP contribution in [0.5, 0.6) is 0 Å². The van der Waals surface area contributed by atoms with E-state index < -0.39 is 12.1 Å². The summed E-state index contributed by atoms with van der Waals surface area (Å²) in [5, 5.41) is 11.2. The van der Waals surface area contributed by atoms with Gasteiger partial charge < -0.3 is 5.32 Å². The maximum atomic E-state index is 12.3. The van der Waals surface area contributed by atoms with Gasteiger partial charge >= 0.3 is 6.18 Å². The van der Waals surface area contributed by atoms with Crippen LogP contribution in [0, 0.1) is 17.2 Å². The molecule has 0 aromatic heterocycles. The van der Waals surface area contributed by atoms with E-state index in [4.69, 9.17) is 5.26 Å². The number of hydrogen-bond donors (Lipinski definition) is 1. The third-order valence-electron chi connectivity index (χ3n) is 3.07. The Bertz CT molecular complexity index is 248. The highest BCUT2D eigenvalue weighted by molar-refractivity contribution is 8.00. The van der Waals surface area contributed by atoms with Crippen molar-refractivity contribution in [2.24, 2.45) is 5.92 Å². The molecule has 0 aromatic rings. The Kier molecular flexibility index (Phi) is 6.95. The normalized spacial score (nSPS) is 14.4. The number of alkyl halides is 3. The van der Waals surface area contributed by atoms with Gasteiger partial charge in [0.1, 0.15) is 0 Å². The predicted molar refractivity (Wildman–Crippen MR) is 64.9 cm³/mol. The van der Waals surface area contributed by atoms with E-state index in [9.17, 15) is 13.2 Å². The lowest BCUT2D eigenvalue weighted by Crippen LogP contribution is -2.41. The standard InChI is InChI=1S/C11H19F3N2S/c1-4-10(5-2,17-3)8-16-7-9(6-15)11(12,13)14/h9,16H,4-5,7-8H2,1-3H3. The summed E-state index contributed by atoms with van der Waals surface area (Å²) in [4.78, 5) is 0. The van der Waals surface area contributed by atoms with Gasteiger partial charge in [0, 0.05) is 17.8 Å². The number of halogens is 3. The quantitative estimate of drug-likeness (QED) is 0.770. The highest BCUT2D eigenvalue weighted by Gasteiger charge is 2.39. The molecule has 0 aromatic carbocycles. The van der Waals surface area contributed by atoms with Gasteiger partial charge in [0.25, 0.3) is 0 Å². The molecule has 0 heterocycles. The third-order valence-corrected chi connectivity index (χ3v) is 4.66. The van der Waals surface area contributed by atoms with Crippen LogP contribution in [0.25, 0.3) is 0 Å². The van der Waals surface area contributed by atoms with Crippen LogP contribution in [-0.4, -0.2) is 30.3 Å². The van der Waals surface area contributed by atoms with Crippen LogP contribution >= 0.6 is 11.8 Å². The minimum absolute atomic E-state index is 0.0361. The molecule has 17 heavy (non-hydrogen) atoms. The summed E-state index contributed by atoms with van der Waals surface area (Å²) in [6.07, 6.45) is -0.704. The summed E-state index contributed by atoms with van der Waals surface area (Å²) in [7, 11) is 0. The second kappa shape index (κ2) is 7.12. The smallest absolute Gasteiger partial charge is 0.314 e. The van der Waals surface area contributed by atoms with Crippen molar-refractivity contribution in [1.82, 2.24) is 5.32 Å². The summed E-state index contributed by atoms with van der Waals surface area (Å²) in [5.74, 6) is -1.92. The topological polar surface area (TPSA) is 35.8 Å². The third kappa shape index (κ3) is 5.17. The van der Waals surface area contributed by atoms with Crippen molar-refractivity contribution >= 4 is 11.8 Å². The molecule has 0 saturated carbocycles. The molecule has 0 saturated heterocycles. The Labute approximate surface area is 105 Å². The average Bonchev–Trinajstić information content (AvgIpc) is 2.29. The van der Waals surface area contributed by atoms with Crippen molar-refractivity contribution in [1.29, 1.82) is 5.26 Å². The molecule has 0 amide bonds. The molecule has 0 rings (SSSR count). The Morgan fingerprint density at radius 3 is 2.12 bits per heavy atom. The molecule has 100 valence electrons. The van der Waals surface area contributed by atoms with Crippen LogP contribution in [0.4, 0.5) is 13.2 Å². The van der Waals surface area contributed by atoms with Crippen LogP contribution < -0.4 is 5.32 Å². The second-order valence-corrected chi connectivity index (χ2v) is 5.22. The summed E-state index contributed by atoms with van der Waals surface area (Å²) in [6.45, 7) is 4.21. The molecular weight excluding hydrogens is 249 g/mol. The Hall–Kier alpha value is -0.410.